The first-order valence-electron chi connectivity index (χ1n) is 6.56. The number of anilines is 2. The van der Waals surface area contributed by atoms with Crippen LogP contribution in [0.4, 0.5) is 11.4 Å². The maximum absolute atomic E-state index is 11.7. The molecule has 1 amide bonds. The minimum absolute atomic E-state index is 0.348. The Morgan fingerprint density at radius 3 is 2.81 bits per heavy atom. The predicted octanol–water partition coefficient (Wildman–Crippen LogP) is 3.56. The first kappa shape index (κ1) is 14.1. The molecule has 4 nitrogen and oxygen atoms in total. The number of fused-ring (bicyclic) bond motifs is 1. The molecule has 0 unspecified atom stereocenters. The summed E-state index contributed by atoms with van der Waals surface area (Å²) in [6.07, 6.45) is 0. The van der Waals surface area contributed by atoms with E-state index < -0.39 is 11.7 Å². The van der Waals surface area contributed by atoms with Crippen molar-refractivity contribution in [3.8, 4) is 0 Å². The maximum Gasteiger partial charge on any atom is 0.296 e. The van der Waals surface area contributed by atoms with Gasteiger partial charge in [0.1, 0.15) is 0 Å². The highest BCUT2D eigenvalue weighted by Gasteiger charge is 2.29. The van der Waals surface area contributed by atoms with E-state index in [9.17, 15) is 9.59 Å². The van der Waals surface area contributed by atoms with Crippen molar-refractivity contribution < 1.29 is 9.59 Å². The third-order valence-electron chi connectivity index (χ3n) is 3.44. The molecule has 108 valence electrons. The molecule has 1 aromatic heterocycles. The Balaban J connectivity index is 1.96. The van der Waals surface area contributed by atoms with E-state index in [4.69, 9.17) is 11.6 Å². The quantitative estimate of drug-likeness (QED) is 0.876. The molecule has 1 aromatic carbocycles. The number of hydrogen-bond donors (Lipinski definition) is 1. The highest BCUT2D eigenvalue weighted by molar-refractivity contribution is 7.09. The Hall–Kier alpha value is -1.85. The summed E-state index contributed by atoms with van der Waals surface area (Å²) < 4.78 is 0. The molecule has 21 heavy (non-hydrogen) atoms. The molecule has 2 aromatic rings. The molecular formula is C15H13ClN2O2S. The summed E-state index contributed by atoms with van der Waals surface area (Å²) >= 11 is 7.99. The third kappa shape index (κ3) is 2.54. The smallest absolute Gasteiger partial charge is 0.296 e. The van der Waals surface area contributed by atoms with Gasteiger partial charge >= 0.3 is 0 Å². The predicted molar refractivity (Wildman–Crippen MR) is 85.5 cm³/mol. The molecule has 3 rings (SSSR count). The zero-order valence-corrected chi connectivity index (χ0v) is 12.9. The normalized spacial score (nSPS) is 13.2. The Morgan fingerprint density at radius 2 is 2.14 bits per heavy atom. The van der Waals surface area contributed by atoms with E-state index in [0.29, 0.717) is 16.3 Å². The van der Waals surface area contributed by atoms with Crippen LogP contribution in [0.1, 0.15) is 22.2 Å². The SMILES string of the molecule is CCN(Cc1cccs1)c1cc2c(cc1Cl)C(=O)C(=O)N2. The van der Waals surface area contributed by atoms with Crippen molar-refractivity contribution in [1.82, 2.24) is 0 Å². The number of benzene rings is 1. The van der Waals surface area contributed by atoms with Crippen molar-refractivity contribution in [3.05, 3.63) is 45.1 Å². The summed E-state index contributed by atoms with van der Waals surface area (Å²) in [7, 11) is 0. The van der Waals surface area contributed by atoms with Gasteiger partial charge < -0.3 is 10.2 Å². The number of rotatable bonds is 4. The number of Topliss-reactive ketones (excluding diaryl/α,β-unsaturated/α-hetero) is 1. The number of carbonyl (C=O) groups excluding carboxylic acids is 2. The number of nitrogens with zero attached hydrogens (tertiary/aromatic N) is 1. The summed E-state index contributed by atoms with van der Waals surface area (Å²) in [4.78, 5) is 26.5. The van der Waals surface area contributed by atoms with Gasteiger partial charge in [0.25, 0.3) is 11.7 Å². The van der Waals surface area contributed by atoms with Gasteiger partial charge in [0, 0.05) is 11.4 Å². The summed E-state index contributed by atoms with van der Waals surface area (Å²) in [5, 5.41) is 5.10. The summed E-state index contributed by atoms with van der Waals surface area (Å²) in [6, 6.07) is 7.43. The van der Waals surface area contributed by atoms with Crippen LogP contribution in [0.2, 0.25) is 5.02 Å². The Morgan fingerprint density at radius 1 is 1.33 bits per heavy atom. The number of amides is 1. The lowest BCUT2D eigenvalue weighted by atomic mass is 10.1. The largest absolute Gasteiger partial charge is 0.365 e. The molecule has 0 bridgehead atoms. The first-order valence-corrected chi connectivity index (χ1v) is 7.82. The summed E-state index contributed by atoms with van der Waals surface area (Å²) in [6.45, 7) is 3.56. The average Bonchev–Trinajstić information content (AvgIpc) is 3.06. The van der Waals surface area contributed by atoms with Gasteiger partial charge in [-0.25, -0.2) is 0 Å². The second kappa shape index (κ2) is 5.50. The Kier molecular flexibility index (Phi) is 3.69. The van der Waals surface area contributed by atoms with Gasteiger partial charge in [-0.2, -0.15) is 0 Å². The molecule has 2 heterocycles. The summed E-state index contributed by atoms with van der Waals surface area (Å²) in [5.74, 6) is -1.13. The molecule has 1 aliphatic rings. The van der Waals surface area contributed by atoms with Crippen LogP contribution in [0.5, 0.6) is 0 Å². The van der Waals surface area contributed by atoms with Crippen LogP contribution < -0.4 is 10.2 Å². The molecule has 0 spiro atoms. The van der Waals surface area contributed by atoms with E-state index in [0.717, 1.165) is 18.8 Å². The van der Waals surface area contributed by atoms with E-state index >= 15 is 0 Å². The molecule has 0 saturated carbocycles. The van der Waals surface area contributed by atoms with E-state index in [1.807, 2.05) is 18.4 Å². The zero-order chi connectivity index (χ0) is 15.0. The highest BCUT2D eigenvalue weighted by Crippen LogP contribution is 2.35. The number of thiophene rings is 1. The molecule has 1 aliphatic heterocycles. The lowest BCUT2D eigenvalue weighted by Gasteiger charge is -2.24. The molecule has 0 aliphatic carbocycles. The Labute approximate surface area is 131 Å². The molecule has 6 heteroatoms. The molecule has 0 radical (unpaired) electrons. The van der Waals surface area contributed by atoms with Gasteiger partial charge in [-0.3, -0.25) is 9.59 Å². The third-order valence-corrected chi connectivity index (χ3v) is 4.60. The molecule has 0 fully saturated rings. The lowest BCUT2D eigenvalue weighted by Crippen LogP contribution is -2.21. The molecule has 0 saturated heterocycles. The van der Waals surface area contributed by atoms with Crippen molar-refractivity contribution in [2.75, 3.05) is 16.8 Å². The number of hydrogen-bond acceptors (Lipinski definition) is 4. The van der Waals surface area contributed by atoms with Crippen LogP contribution in [0, 0.1) is 0 Å². The number of halogens is 1. The summed E-state index contributed by atoms with van der Waals surface area (Å²) in [5.41, 5.74) is 1.70. The van der Waals surface area contributed by atoms with Gasteiger partial charge in [0.15, 0.2) is 0 Å². The Bertz CT molecular complexity index is 713. The lowest BCUT2D eigenvalue weighted by molar-refractivity contribution is -0.112. The number of carbonyl (C=O) groups is 2. The van der Waals surface area contributed by atoms with Crippen LogP contribution in [-0.2, 0) is 11.3 Å². The van der Waals surface area contributed by atoms with Gasteiger partial charge in [-0.15, -0.1) is 11.3 Å². The van der Waals surface area contributed by atoms with E-state index in [1.165, 1.54) is 4.88 Å². The fourth-order valence-electron chi connectivity index (χ4n) is 2.35. The zero-order valence-electron chi connectivity index (χ0n) is 11.4. The van der Waals surface area contributed by atoms with Crippen LogP contribution in [-0.4, -0.2) is 18.2 Å². The fourth-order valence-corrected chi connectivity index (χ4v) is 3.36. The number of ketones is 1. The second-order valence-corrected chi connectivity index (χ2v) is 6.17. The maximum atomic E-state index is 11.7. The minimum atomic E-state index is -0.598. The van der Waals surface area contributed by atoms with Crippen molar-refractivity contribution in [3.63, 3.8) is 0 Å². The van der Waals surface area contributed by atoms with Gasteiger partial charge in [0.2, 0.25) is 0 Å². The van der Waals surface area contributed by atoms with Gasteiger partial charge in [-0.1, -0.05) is 17.7 Å². The minimum Gasteiger partial charge on any atom is -0.365 e. The van der Waals surface area contributed by atoms with Gasteiger partial charge in [-0.05, 0) is 30.5 Å². The van der Waals surface area contributed by atoms with Crippen LogP contribution in [0.3, 0.4) is 0 Å². The van der Waals surface area contributed by atoms with Crippen molar-refractivity contribution >= 4 is 46.0 Å². The van der Waals surface area contributed by atoms with Crippen molar-refractivity contribution in [2.24, 2.45) is 0 Å². The fraction of sp³-hybridized carbons (Fsp3) is 0.200. The van der Waals surface area contributed by atoms with Crippen LogP contribution in [0.15, 0.2) is 29.6 Å². The monoisotopic (exact) mass is 320 g/mol. The highest BCUT2D eigenvalue weighted by atomic mass is 35.5. The van der Waals surface area contributed by atoms with E-state index in [2.05, 4.69) is 16.3 Å². The molecule has 0 atom stereocenters. The molecule has 1 N–H and O–H groups in total. The van der Waals surface area contributed by atoms with Crippen LogP contribution >= 0.6 is 22.9 Å². The molecular weight excluding hydrogens is 308 g/mol. The number of nitrogens with one attached hydrogen (secondary N) is 1. The standard InChI is InChI=1S/C15H13ClN2O2S/c1-2-18(8-9-4-3-5-21-9)13-7-12-10(6-11(13)16)14(19)15(20)17-12/h3-7H,2,8H2,1H3,(H,17,19,20). The average molecular weight is 321 g/mol. The second-order valence-electron chi connectivity index (χ2n) is 4.73. The van der Waals surface area contributed by atoms with E-state index in [1.54, 1.807) is 23.5 Å². The van der Waals surface area contributed by atoms with E-state index in [-0.39, 0.29) is 0 Å². The van der Waals surface area contributed by atoms with Crippen molar-refractivity contribution in [2.45, 2.75) is 13.5 Å². The van der Waals surface area contributed by atoms with Crippen LogP contribution in [0.25, 0.3) is 0 Å². The topological polar surface area (TPSA) is 49.4 Å². The first-order chi connectivity index (χ1) is 10.1. The van der Waals surface area contributed by atoms with Gasteiger partial charge in [0.05, 0.1) is 28.5 Å². The van der Waals surface area contributed by atoms with Crippen molar-refractivity contribution in [1.29, 1.82) is 0 Å².